The van der Waals surface area contributed by atoms with Crippen LogP contribution in [0.15, 0.2) is 41.8 Å². The summed E-state index contributed by atoms with van der Waals surface area (Å²) in [5.41, 5.74) is 2.05. The highest BCUT2D eigenvalue weighted by Crippen LogP contribution is 2.46. The number of fused-ring (bicyclic) bond motifs is 1. The number of likely N-dealkylation sites (tertiary alicyclic amines) is 1. The van der Waals surface area contributed by atoms with Crippen molar-refractivity contribution >= 4 is 11.8 Å². The van der Waals surface area contributed by atoms with Crippen LogP contribution in [0.1, 0.15) is 48.4 Å². The van der Waals surface area contributed by atoms with Crippen molar-refractivity contribution in [2.24, 2.45) is 13.0 Å². The number of hydrogen-bond donors (Lipinski definition) is 0. The number of aromatic nitrogens is 5. The number of thioether (sulfide) groups is 1. The van der Waals surface area contributed by atoms with Gasteiger partial charge in [0.05, 0.1) is 11.3 Å². The Labute approximate surface area is 207 Å². The van der Waals surface area contributed by atoms with Crippen molar-refractivity contribution in [1.29, 1.82) is 0 Å². The van der Waals surface area contributed by atoms with E-state index >= 15 is 0 Å². The standard InChI is InChI=1S/C25H29F3N6S/c1-16-22(30-10-9-29-16)23-31-32-24(33(23)2)35-13-3-11-34-12-8-18-14-19(15-21(18)34)17-4-6-20(7-5-17)25(26,27)28/h4-7,9-10,18-19,21H,3,8,11-15H2,1-2H3/t18-,19+,21?/m1/s1. The maximum absolute atomic E-state index is 12.9. The monoisotopic (exact) mass is 502 g/mol. The molecule has 1 saturated carbocycles. The van der Waals surface area contributed by atoms with Crippen LogP contribution in [0.2, 0.25) is 0 Å². The van der Waals surface area contributed by atoms with E-state index in [0.717, 1.165) is 66.0 Å². The number of benzene rings is 1. The quantitative estimate of drug-likeness (QED) is 0.321. The van der Waals surface area contributed by atoms with Gasteiger partial charge in [0, 0.05) is 31.2 Å². The summed E-state index contributed by atoms with van der Waals surface area (Å²) in [4.78, 5) is 11.3. The summed E-state index contributed by atoms with van der Waals surface area (Å²) in [6.07, 6.45) is 3.39. The Kier molecular flexibility index (Phi) is 6.85. The number of rotatable bonds is 7. The number of aryl methyl sites for hydroxylation is 1. The van der Waals surface area contributed by atoms with Gasteiger partial charge >= 0.3 is 6.18 Å². The lowest BCUT2D eigenvalue weighted by Crippen LogP contribution is -2.31. The zero-order valence-corrected chi connectivity index (χ0v) is 20.7. The maximum Gasteiger partial charge on any atom is 0.416 e. The third-order valence-corrected chi connectivity index (χ3v) is 8.48. The van der Waals surface area contributed by atoms with E-state index in [2.05, 4.69) is 25.1 Å². The number of nitrogens with zero attached hydrogens (tertiary/aromatic N) is 6. The summed E-state index contributed by atoms with van der Waals surface area (Å²) < 4.78 is 40.6. The molecular formula is C25H29F3N6S. The highest BCUT2D eigenvalue weighted by Gasteiger charge is 2.42. The molecule has 1 aliphatic heterocycles. The summed E-state index contributed by atoms with van der Waals surface area (Å²) in [6.45, 7) is 4.06. The van der Waals surface area contributed by atoms with E-state index in [1.807, 2.05) is 18.5 Å². The van der Waals surface area contributed by atoms with Crippen LogP contribution in [0.25, 0.3) is 11.5 Å². The van der Waals surface area contributed by atoms with Crippen LogP contribution in [0, 0.1) is 12.8 Å². The van der Waals surface area contributed by atoms with Gasteiger partial charge in [-0.1, -0.05) is 23.9 Å². The van der Waals surface area contributed by atoms with Crippen molar-refractivity contribution in [3.8, 4) is 11.5 Å². The third-order valence-electron chi connectivity index (χ3n) is 7.37. The van der Waals surface area contributed by atoms with E-state index in [-0.39, 0.29) is 0 Å². The molecule has 35 heavy (non-hydrogen) atoms. The van der Waals surface area contributed by atoms with E-state index in [1.165, 1.54) is 18.6 Å². The van der Waals surface area contributed by atoms with Gasteiger partial charge in [0.15, 0.2) is 11.0 Å². The molecule has 186 valence electrons. The molecule has 3 heterocycles. The van der Waals surface area contributed by atoms with Gasteiger partial charge in [0.2, 0.25) is 0 Å². The topological polar surface area (TPSA) is 59.7 Å². The van der Waals surface area contributed by atoms with Gasteiger partial charge in [-0.3, -0.25) is 4.98 Å². The predicted molar refractivity (Wildman–Crippen MR) is 129 cm³/mol. The fraction of sp³-hybridized carbons (Fsp3) is 0.520. The molecule has 0 radical (unpaired) electrons. The van der Waals surface area contributed by atoms with Gasteiger partial charge in [-0.15, -0.1) is 10.2 Å². The second kappa shape index (κ2) is 9.89. The van der Waals surface area contributed by atoms with Gasteiger partial charge in [0.1, 0.15) is 5.69 Å². The third kappa shape index (κ3) is 5.09. The molecule has 3 atom stereocenters. The normalized spacial score (nSPS) is 22.6. The first-order valence-electron chi connectivity index (χ1n) is 12.0. The summed E-state index contributed by atoms with van der Waals surface area (Å²) in [5.74, 6) is 2.67. The Morgan fingerprint density at radius 2 is 1.83 bits per heavy atom. The molecule has 3 aromatic rings. The Morgan fingerprint density at radius 1 is 1.06 bits per heavy atom. The van der Waals surface area contributed by atoms with Gasteiger partial charge in [-0.05, 0) is 75.2 Å². The minimum absolute atomic E-state index is 0.353. The fourth-order valence-corrected chi connectivity index (χ4v) is 6.39. The van der Waals surface area contributed by atoms with E-state index in [9.17, 15) is 13.2 Å². The first kappa shape index (κ1) is 24.2. The average Bonchev–Trinajstić information content (AvgIpc) is 3.52. The average molecular weight is 503 g/mol. The van der Waals surface area contributed by atoms with Crippen molar-refractivity contribution < 1.29 is 13.2 Å². The fourth-order valence-electron chi connectivity index (χ4n) is 5.56. The number of halogens is 3. The summed E-state index contributed by atoms with van der Waals surface area (Å²) in [5, 5.41) is 9.53. The Bertz CT molecular complexity index is 1160. The molecule has 1 aromatic carbocycles. The van der Waals surface area contributed by atoms with Crippen molar-refractivity contribution in [1.82, 2.24) is 29.6 Å². The van der Waals surface area contributed by atoms with Crippen LogP contribution in [-0.2, 0) is 13.2 Å². The number of hydrogen-bond acceptors (Lipinski definition) is 6. The smallest absolute Gasteiger partial charge is 0.304 e. The Morgan fingerprint density at radius 3 is 2.57 bits per heavy atom. The van der Waals surface area contributed by atoms with Crippen LogP contribution in [0.3, 0.4) is 0 Å². The lowest BCUT2D eigenvalue weighted by Gasteiger charge is -2.24. The lowest BCUT2D eigenvalue weighted by molar-refractivity contribution is -0.137. The second-order valence-corrected chi connectivity index (χ2v) is 10.6. The van der Waals surface area contributed by atoms with Crippen LogP contribution in [0.4, 0.5) is 13.2 Å². The van der Waals surface area contributed by atoms with E-state index in [0.29, 0.717) is 17.9 Å². The molecule has 2 aromatic heterocycles. The molecule has 0 bridgehead atoms. The van der Waals surface area contributed by atoms with E-state index < -0.39 is 11.7 Å². The molecular weight excluding hydrogens is 473 g/mol. The van der Waals surface area contributed by atoms with Crippen LogP contribution >= 0.6 is 11.8 Å². The van der Waals surface area contributed by atoms with Gasteiger partial charge in [-0.2, -0.15) is 13.2 Å². The Hall–Kier alpha value is -2.46. The summed E-state index contributed by atoms with van der Waals surface area (Å²) >= 11 is 1.70. The number of alkyl halides is 3. The zero-order chi connectivity index (χ0) is 24.6. The largest absolute Gasteiger partial charge is 0.416 e. The van der Waals surface area contributed by atoms with Crippen molar-refractivity contribution in [3.63, 3.8) is 0 Å². The van der Waals surface area contributed by atoms with E-state index in [4.69, 9.17) is 0 Å². The first-order chi connectivity index (χ1) is 16.8. The molecule has 1 unspecified atom stereocenters. The zero-order valence-electron chi connectivity index (χ0n) is 19.9. The molecule has 2 fully saturated rings. The summed E-state index contributed by atoms with van der Waals surface area (Å²) in [6, 6.07) is 6.33. The SMILES string of the molecule is Cc1nccnc1-c1nnc(SCCCN2CC[C@@H]3C[C@H](c4ccc(C(F)(F)F)cc4)CC32)n1C. The first-order valence-corrected chi connectivity index (χ1v) is 13.0. The molecule has 1 aliphatic carbocycles. The van der Waals surface area contributed by atoms with Gasteiger partial charge < -0.3 is 9.47 Å². The molecule has 1 saturated heterocycles. The van der Waals surface area contributed by atoms with Crippen molar-refractivity contribution in [2.45, 2.75) is 55.9 Å². The molecule has 5 rings (SSSR count). The molecule has 6 nitrogen and oxygen atoms in total. The molecule has 10 heteroatoms. The maximum atomic E-state index is 12.9. The highest BCUT2D eigenvalue weighted by atomic mass is 32.2. The van der Waals surface area contributed by atoms with Crippen molar-refractivity contribution in [3.05, 3.63) is 53.5 Å². The molecule has 2 aliphatic rings. The minimum atomic E-state index is -4.28. The Balaban J connectivity index is 1.12. The highest BCUT2D eigenvalue weighted by molar-refractivity contribution is 7.99. The second-order valence-electron chi connectivity index (χ2n) is 9.50. The van der Waals surface area contributed by atoms with Gasteiger partial charge in [0.25, 0.3) is 0 Å². The summed E-state index contributed by atoms with van der Waals surface area (Å²) in [7, 11) is 1.96. The van der Waals surface area contributed by atoms with Crippen LogP contribution in [-0.4, -0.2) is 54.5 Å². The lowest BCUT2D eigenvalue weighted by atomic mass is 9.94. The van der Waals surface area contributed by atoms with Crippen LogP contribution in [0.5, 0.6) is 0 Å². The predicted octanol–water partition coefficient (Wildman–Crippen LogP) is 5.35. The molecule has 0 N–H and O–H groups in total. The minimum Gasteiger partial charge on any atom is -0.304 e. The van der Waals surface area contributed by atoms with Crippen LogP contribution < -0.4 is 0 Å². The van der Waals surface area contributed by atoms with Crippen molar-refractivity contribution in [2.75, 3.05) is 18.8 Å². The van der Waals surface area contributed by atoms with E-state index in [1.54, 1.807) is 36.3 Å². The molecule has 0 spiro atoms. The molecule has 0 amide bonds. The van der Waals surface area contributed by atoms with Gasteiger partial charge in [-0.25, -0.2) is 4.98 Å².